The highest BCUT2D eigenvalue weighted by atomic mass is 35.5. The molecule has 1 aromatic carbocycles. The average molecular weight is 208 g/mol. The summed E-state index contributed by atoms with van der Waals surface area (Å²) >= 11 is 6.06. The van der Waals surface area contributed by atoms with Gasteiger partial charge in [-0.25, -0.2) is 0 Å². The molecule has 0 spiro atoms. The number of aromatic amines is 1. The summed E-state index contributed by atoms with van der Waals surface area (Å²) in [5.74, 6) is 0.602. The Labute approximate surface area is 89.1 Å². The Kier molecular flexibility index (Phi) is 2.51. The van der Waals surface area contributed by atoms with Crippen LogP contribution in [0.5, 0.6) is 0 Å². The Morgan fingerprint density at radius 1 is 1.43 bits per heavy atom. The lowest BCUT2D eigenvalue weighted by Crippen LogP contribution is -1.90. The van der Waals surface area contributed by atoms with E-state index >= 15 is 0 Å². The van der Waals surface area contributed by atoms with Crippen LogP contribution in [-0.2, 0) is 0 Å². The van der Waals surface area contributed by atoms with Crippen molar-refractivity contribution < 1.29 is 0 Å². The van der Waals surface area contributed by atoms with Gasteiger partial charge in [-0.1, -0.05) is 31.5 Å². The molecule has 0 radical (unpaired) electrons. The van der Waals surface area contributed by atoms with E-state index in [1.165, 1.54) is 5.56 Å². The minimum absolute atomic E-state index is 0.602. The van der Waals surface area contributed by atoms with Crippen LogP contribution in [0.4, 0.5) is 0 Å². The second kappa shape index (κ2) is 3.66. The lowest BCUT2D eigenvalue weighted by molar-refractivity contribution is 0.735. The van der Waals surface area contributed by atoms with E-state index in [9.17, 15) is 0 Å². The van der Waals surface area contributed by atoms with Crippen molar-refractivity contribution in [3.05, 3.63) is 35.0 Å². The normalized spacial score (nSPS) is 13.4. The first-order chi connectivity index (χ1) is 6.72. The van der Waals surface area contributed by atoms with Gasteiger partial charge in [-0.3, -0.25) is 0 Å². The predicted molar refractivity (Wildman–Crippen MR) is 62.0 cm³/mol. The number of rotatable bonds is 2. The van der Waals surface area contributed by atoms with Crippen molar-refractivity contribution in [1.82, 2.24) is 4.98 Å². The largest absolute Gasteiger partial charge is 0.360 e. The van der Waals surface area contributed by atoms with Crippen molar-refractivity contribution in [3.8, 4) is 0 Å². The van der Waals surface area contributed by atoms with Crippen LogP contribution in [0.3, 0.4) is 0 Å². The lowest BCUT2D eigenvalue weighted by atomic mass is 9.98. The van der Waals surface area contributed by atoms with E-state index in [0.29, 0.717) is 5.92 Å². The molecule has 2 heteroatoms. The van der Waals surface area contributed by atoms with Gasteiger partial charge in [0.25, 0.3) is 0 Å². The molecule has 0 aliphatic carbocycles. The van der Waals surface area contributed by atoms with Gasteiger partial charge >= 0.3 is 0 Å². The third-order valence-corrected chi connectivity index (χ3v) is 3.15. The molecule has 14 heavy (non-hydrogen) atoms. The fraction of sp³-hybridized carbons (Fsp3) is 0.333. The molecule has 0 amide bonds. The van der Waals surface area contributed by atoms with Crippen LogP contribution in [0.25, 0.3) is 10.9 Å². The maximum atomic E-state index is 6.06. The van der Waals surface area contributed by atoms with Crippen LogP contribution in [0.15, 0.2) is 24.4 Å². The summed E-state index contributed by atoms with van der Waals surface area (Å²) < 4.78 is 0. The number of aromatic nitrogens is 1. The Balaban J connectivity index is 2.54. The van der Waals surface area contributed by atoms with Gasteiger partial charge in [-0.2, -0.15) is 0 Å². The molecule has 2 aromatic rings. The second-order valence-corrected chi connectivity index (χ2v) is 4.16. The zero-order chi connectivity index (χ0) is 10.1. The summed E-state index contributed by atoms with van der Waals surface area (Å²) in [6, 6.07) is 6.45. The number of nitrogens with one attached hydrogen (secondary N) is 1. The van der Waals surface area contributed by atoms with Gasteiger partial charge in [0.15, 0.2) is 0 Å². The molecule has 1 nitrogen and oxygen atoms in total. The number of fused-ring (bicyclic) bond motifs is 1. The number of halogens is 1. The topological polar surface area (TPSA) is 15.8 Å². The van der Waals surface area contributed by atoms with Crippen molar-refractivity contribution in [2.75, 3.05) is 0 Å². The number of hydrogen-bond acceptors (Lipinski definition) is 0. The zero-order valence-electron chi connectivity index (χ0n) is 8.47. The summed E-state index contributed by atoms with van der Waals surface area (Å²) in [6.45, 7) is 4.44. The van der Waals surface area contributed by atoms with E-state index in [1.54, 1.807) is 0 Å². The van der Waals surface area contributed by atoms with Gasteiger partial charge < -0.3 is 4.98 Å². The average Bonchev–Trinajstić information content (AvgIpc) is 2.59. The van der Waals surface area contributed by atoms with Crippen LogP contribution < -0.4 is 0 Å². The first kappa shape index (κ1) is 9.60. The summed E-state index contributed by atoms with van der Waals surface area (Å²) in [5, 5.41) is 1.94. The molecular weight excluding hydrogens is 194 g/mol. The number of H-pyrrole nitrogens is 1. The molecule has 1 heterocycles. The quantitative estimate of drug-likeness (QED) is 0.754. The highest BCUT2D eigenvalue weighted by Crippen LogP contribution is 2.27. The molecule has 0 aliphatic rings. The van der Waals surface area contributed by atoms with E-state index in [-0.39, 0.29) is 0 Å². The van der Waals surface area contributed by atoms with Gasteiger partial charge in [0, 0.05) is 17.1 Å². The number of benzene rings is 1. The van der Waals surface area contributed by atoms with Crippen molar-refractivity contribution in [3.63, 3.8) is 0 Å². The highest BCUT2D eigenvalue weighted by molar-refractivity contribution is 6.35. The smallest absolute Gasteiger partial charge is 0.0659 e. The third-order valence-electron chi connectivity index (χ3n) is 2.84. The minimum Gasteiger partial charge on any atom is -0.360 e. The maximum Gasteiger partial charge on any atom is 0.0659 e. The molecule has 1 atom stereocenters. The van der Waals surface area contributed by atoms with Crippen LogP contribution in [0, 0.1) is 0 Å². The SMILES string of the molecule is CCC(C)c1ccc2[nH]cc(Cl)c2c1. The monoisotopic (exact) mass is 207 g/mol. The van der Waals surface area contributed by atoms with E-state index in [1.807, 2.05) is 6.20 Å². The van der Waals surface area contributed by atoms with Crippen LogP contribution >= 0.6 is 11.6 Å². The van der Waals surface area contributed by atoms with Gasteiger partial charge in [0.05, 0.1) is 5.02 Å². The summed E-state index contributed by atoms with van der Waals surface area (Å²) in [5.41, 5.74) is 2.48. The lowest BCUT2D eigenvalue weighted by Gasteiger charge is -2.08. The third kappa shape index (κ3) is 1.53. The standard InChI is InChI=1S/C12H14ClN/c1-3-8(2)9-4-5-12-10(6-9)11(13)7-14-12/h4-8,14H,3H2,1-2H3. The minimum atomic E-state index is 0.602. The van der Waals surface area contributed by atoms with Gasteiger partial charge in [0.2, 0.25) is 0 Å². The Morgan fingerprint density at radius 3 is 2.93 bits per heavy atom. The molecular formula is C12H14ClN. The Morgan fingerprint density at radius 2 is 2.21 bits per heavy atom. The van der Waals surface area contributed by atoms with E-state index in [0.717, 1.165) is 22.3 Å². The van der Waals surface area contributed by atoms with Gasteiger partial charge in [-0.05, 0) is 30.0 Å². The Hall–Kier alpha value is -0.950. The van der Waals surface area contributed by atoms with E-state index in [4.69, 9.17) is 11.6 Å². The highest BCUT2D eigenvalue weighted by Gasteiger charge is 2.06. The molecule has 0 saturated heterocycles. The van der Waals surface area contributed by atoms with E-state index in [2.05, 4.69) is 37.0 Å². The molecule has 1 unspecified atom stereocenters. The molecule has 2 rings (SSSR count). The molecule has 0 fully saturated rings. The molecule has 1 aromatic heterocycles. The first-order valence-corrected chi connectivity index (χ1v) is 5.36. The molecule has 0 saturated carbocycles. The maximum absolute atomic E-state index is 6.06. The van der Waals surface area contributed by atoms with Gasteiger partial charge in [-0.15, -0.1) is 0 Å². The van der Waals surface area contributed by atoms with Crippen molar-refractivity contribution in [2.45, 2.75) is 26.2 Å². The fourth-order valence-corrected chi connectivity index (χ4v) is 1.86. The zero-order valence-corrected chi connectivity index (χ0v) is 9.23. The van der Waals surface area contributed by atoms with Crippen molar-refractivity contribution >= 4 is 22.5 Å². The van der Waals surface area contributed by atoms with Crippen molar-refractivity contribution in [1.29, 1.82) is 0 Å². The van der Waals surface area contributed by atoms with Gasteiger partial charge in [0.1, 0.15) is 0 Å². The second-order valence-electron chi connectivity index (χ2n) is 3.75. The summed E-state index contributed by atoms with van der Waals surface area (Å²) in [4.78, 5) is 3.14. The summed E-state index contributed by atoms with van der Waals surface area (Å²) in [7, 11) is 0. The first-order valence-electron chi connectivity index (χ1n) is 4.99. The fourth-order valence-electron chi connectivity index (χ4n) is 1.65. The summed E-state index contributed by atoms with van der Waals surface area (Å²) in [6.07, 6.45) is 3.00. The van der Waals surface area contributed by atoms with Crippen molar-refractivity contribution in [2.24, 2.45) is 0 Å². The Bertz CT molecular complexity index is 445. The number of hydrogen-bond donors (Lipinski definition) is 1. The van der Waals surface area contributed by atoms with Crippen LogP contribution in [0.2, 0.25) is 5.02 Å². The van der Waals surface area contributed by atoms with E-state index < -0.39 is 0 Å². The molecule has 1 N–H and O–H groups in total. The molecule has 0 bridgehead atoms. The predicted octanol–water partition coefficient (Wildman–Crippen LogP) is 4.33. The van der Waals surface area contributed by atoms with Crippen LogP contribution in [0.1, 0.15) is 31.7 Å². The van der Waals surface area contributed by atoms with Crippen LogP contribution in [-0.4, -0.2) is 4.98 Å². The molecule has 0 aliphatic heterocycles. The molecule has 74 valence electrons.